The van der Waals surface area contributed by atoms with Crippen molar-refractivity contribution in [3.05, 3.63) is 53.1 Å². The standard InChI is InChI=1S/C19H22ClO3P.Li.H/c1-14(2)9-10-23-24(16-7-5-4-6-8-16)17-11-15(13-21)19(22-3)18(20)12-17;;/h4-8,11-14H,9-10H2,1-3H3;;/q;+1;-1. The van der Waals surface area contributed by atoms with Crippen LogP contribution in [0.1, 0.15) is 32.1 Å². The summed E-state index contributed by atoms with van der Waals surface area (Å²) in [5, 5.41) is 2.43. The Kier molecular flexibility index (Phi) is 9.80. The Morgan fingerprint density at radius 2 is 1.88 bits per heavy atom. The topological polar surface area (TPSA) is 35.5 Å². The first kappa shape index (κ1) is 22.2. The zero-order valence-electron chi connectivity index (χ0n) is 16.2. The van der Waals surface area contributed by atoms with Gasteiger partial charge in [-0.1, -0.05) is 55.8 Å². The fourth-order valence-electron chi connectivity index (χ4n) is 2.26. The number of aldehydes is 1. The van der Waals surface area contributed by atoms with E-state index in [9.17, 15) is 4.79 Å². The second-order valence-electron chi connectivity index (χ2n) is 5.81. The van der Waals surface area contributed by atoms with Gasteiger partial charge in [0.15, 0.2) is 6.29 Å². The Bertz CT molecular complexity index is 686. The Morgan fingerprint density at radius 1 is 1.20 bits per heavy atom. The molecule has 2 aromatic carbocycles. The van der Waals surface area contributed by atoms with Crippen LogP contribution >= 0.6 is 19.7 Å². The third-order valence-electron chi connectivity index (χ3n) is 3.53. The number of rotatable bonds is 8. The summed E-state index contributed by atoms with van der Waals surface area (Å²) in [6, 6.07) is 13.7. The van der Waals surface area contributed by atoms with Gasteiger partial charge < -0.3 is 10.7 Å². The normalized spacial score (nSPS) is 11.7. The van der Waals surface area contributed by atoms with Gasteiger partial charge in [-0.05, 0) is 24.5 Å². The minimum Gasteiger partial charge on any atom is -1.00 e. The largest absolute Gasteiger partial charge is 1.00 e. The van der Waals surface area contributed by atoms with E-state index >= 15 is 0 Å². The number of carbonyl (C=O) groups excluding carboxylic acids is 1. The molecule has 3 nitrogen and oxygen atoms in total. The van der Waals surface area contributed by atoms with Crippen molar-refractivity contribution in [3.8, 4) is 5.75 Å². The molecule has 0 saturated heterocycles. The molecule has 2 rings (SSSR count). The van der Waals surface area contributed by atoms with Gasteiger partial charge in [0.25, 0.3) is 0 Å². The van der Waals surface area contributed by atoms with Crippen LogP contribution < -0.4 is 34.2 Å². The molecule has 1 atom stereocenters. The van der Waals surface area contributed by atoms with E-state index in [0.29, 0.717) is 28.9 Å². The molecule has 0 fully saturated rings. The number of ether oxygens (including phenoxy) is 1. The molecule has 25 heavy (non-hydrogen) atoms. The summed E-state index contributed by atoms with van der Waals surface area (Å²) in [6.07, 6.45) is 1.75. The maximum Gasteiger partial charge on any atom is 1.00 e. The van der Waals surface area contributed by atoms with Crippen LogP contribution in [0.15, 0.2) is 42.5 Å². The first-order valence-corrected chi connectivity index (χ1v) is 9.51. The van der Waals surface area contributed by atoms with Gasteiger partial charge in [-0.25, -0.2) is 0 Å². The Hall–Kier alpha value is -0.813. The van der Waals surface area contributed by atoms with Gasteiger partial charge in [0.1, 0.15) is 5.75 Å². The van der Waals surface area contributed by atoms with Crippen LogP contribution in [-0.2, 0) is 4.52 Å². The van der Waals surface area contributed by atoms with Gasteiger partial charge in [0.05, 0.1) is 32.5 Å². The number of benzene rings is 2. The molecule has 2 aromatic rings. The molecule has 1 unspecified atom stereocenters. The van der Waals surface area contributed by atoms with E-state index in [1.807, 2.05) is 42.5 Å². The monoisotopic (exact) mass is 372 g/mol. The van der Waals surface area contributed by atoms with Gasteiger partial charge in [-0.2, -0.15) is 0 Å². The van der Waals surface area contributed by atoms with Crippen molar-refractivity contribution in [2.24, 2.45) is 5.92 Å². The van der Waals surface area contributed by atoms with Crippen molar-refractivity contribution < 1.29 is 34.3 Å². The summed E-state index contributed by atoms with van der Waals surface area (Å²) in [5.74, 6) is 0.975. The van der Waals surface area contributed by atoms with Crippen molar-refractivity contribution >= 4 is 36.6 Å². The Morgan fingerprint density at radius 3 is 2.44 bits per heavy atom. The Balaban J connectivity index is 0.00000312. The predicted octanol–water partition coefficient (Wildman–Crippen LogP) is 1.69. The molecular formula is C19H23ClLiO3P. The molecule has 0 aliphatic carbocycles. The van der Waals surface area contributed by atoms with E-state index in [0.717, 1.165) is 23.3 Å². The van der Waals surface area contributed by atoms with Gasteiger partial charge in [-0.15, -0.1) is 0 Å². The zero-order valence-corrected chi connectivity index (χ0v) is 16.8. The van der Waals surface area contributed by atoms with Crippen LogP contribution in [0.2, 0.25) is 5.02 Å². The second-order valence-corrected chi connectivity index (χ2v) is 8.10. The first-order valence-electron chi connectivity index (χ1n) is 7.87. The molecule has 0 N–H and O–H groups in total. The molecule has 0 bridgehead atoms. The molecular weight excluding hydrogens is 350 g/mol. The number of hydrogen-bond donors (Lipinski definition) is 0. The van der Waals surface area contributed by atoms with Crippen LogP contribution in [0.25, 0.3) is 0 Å². The minimum absolute atomic E-state index is 0. The molecule has 0 aromatic heterocycles. The van der Waals surface area contributed by atoms with Crippen molar-refractivity contribution in [2.75, 3.05) is 13.7 Å². The molecule has 0 amide bonds. The summed E-state index contributed by atoms with van der Waals surface area (Å²) < 4.78 is 11.4. The van der Waals surface area contributed by atoms with Crippen LogP contribution in [0.5, 0.6) is 5.75 Å². The quantitative estimate of drug-likeness (QED) is 0.402. The van der Waals surface area contributed by atoms with E-state index in [1.165, 1.54) is 7.11 Å². The van der Waals surface area contributed by atoms with E-state index in [-0.39, 0.29) is 20.3 Å². The Labute approximate surface area is 169 Å². The number of carbonyl (C=O) groups is 1. The van der Waals surface area contributed by atoms with Crippen LogP contribution in [0, 0.1) is 5.92 Å². The molecule has 0 aliphatic heterocycles. The fourth-order valence-corrected chi connectivity index (χ4v) is 4.47. The first-order chi connectivity index (χ1) is 11.6. The predicted molar refractivity (Wildman–Crippen MR) is 103 cm³/mol. The minimum atomic E-state index is -1.04. The summed E-state index contributed by atoms with van der Waals surface area (Å²) in [6.45, 7) is 5.00. The number of hydrogen-bond acceptors (Lipinski definition) is 3. The molecule has 6 heteroatoms. The van der Waals surface area contributed by atoms with E-state index in [4.69, 9.17) is 20.9 Å². The van der Waals surface area contributed by atoms with Gasteiger partial charge in [0, 0.05) is 10.6 Å². The van der Waals surface area contributed by atoms with E-state index in [1.54, 1.807) is 0 Å². The summed E-state index contributed by atoms with van der Waals surface area (Å²) in [4.78, 5) is 11.4. The van der Waals surface area contributed by atoms with Crippen LogP contribution in [0.3, 0.4) is 0 Å². The average molecular weight is 373 g/mol. The second kappa shape index (κ2) is 11.0. The van der Waals surface area contributed by atoms with Crippen LogP contribution in [-0.4, -0.2) is 20.0 Å². The summed E-state index contributed by atoms with van der Waals surface area (Å²) in [7, 11) is 0.471. The molecule has 0 spiro atoms. The maximum absolute atomic E-state index is 11.4. The third kappa shape index (κ3) is 6.14. The molecule has 130 valence electrons. The maximum atomic E-state index is 11.4. The third-order valence-corrected chi connectivity index (χ3v) is 5.74. The SMILES string of the molecule is COc1c(Cl)cc(P(OCCC(C)C)c2ccccc2)cc1C=O.[H-].[Li+]. The smallest absolute Gasteiger partial charge is 1.00 e. The summed E-state index contributed by atoms with van der Waals surface area (Å²) in [5.41, 5.74) is 0.441. The molecule has 0 radical (unpaired) electrons. The van der Waals surface area contributed by atoms with Gasteiger partial charge in [0.2, 0.25) is 0 Å². The molecule has 0 heterocycles. The number of methoxy groups -OCH3 is 1. The van der Waals surface area contributed by atoms with Crippen molar-refractivity contribution in [2.45, 2.75) is 20.3 Å². The molecule has 0 aliphatic rings. The van der Waals surface area contributed by atoms with Crippen molar-refractivity contribution in [1.82, 2.24) is 0 Å². The molecule has 0 saturated carbocycles. The van der Waals surface area contributed by atoms with Crippen molar-refractivity contribution in [3.63, 3.8) is 0 Å². The van der Waals surface area contributed by atoms with Gasteiger partial charge >= 0.3 is 18.9 Å². The van der Waals surface area contributed by atoms with Crippen molar-refractivity contribution in [1.29, 1.82) is 0 Å². The number of halogens is 1. The average Bonchev–Trinajstić information content (AvgIpc) is 2.58. The van der Waals surface area contributed by atoms with Gasteiger partial charge in [-0.3, -0.25) is 4.79 Å². The van der Waals surface area contributed by atoms with Crippen LogP contribution in [0.4, 0.5) is 0 Å². The van der Waals surface area contributed by atoms with E-state index in [2.05, 4.69) is 13.8 Å². The fraction of sp³-hybridized carbons (Fsp3) is 0.316. The zero-order chi connectivity index (χ0) is 17.5. The van der Waals surface area contributed by atoms with E-state index < -0.39 is 8.15 Å². The summed E-state index contributed by atoms with van der Waals surface area (Å²) >= 11 is 6.30.